The summed E-state index contributed by atoms with van der Waals surface area (Å²) in [5.41, 5.74) is 0. The predicted molar refractivity (Wildman–Crippen MR) is 107 cm³/mol. The molecule has 1 aromatic rings. The SMILES string of the molecule is CC(C)SNc1nc(NC2CCCCC2)nc(NC2CCCCC2)n1. The van der Waals surface area contributed by atoms with Crippen molar-refractivity contribution in [1.29, 1.82) is 0 Å². The molecule has 2 aliphatic carbocycles. The third-order valence-corrected chi connectivity index (χ3v) is 5.67. The van der Waals surface area contributed by atoms with E-state index in [1.807, 2.05) is 0 Å². The largest absolute Gasteiger partial charge is 0.351 e. The molecule has 2 aliphatic rings. The van der Waals surface area contributed by atoms with Crippen LogP contribution < -0.4 is 15.4 Å². The van der Waals surface area contributed by atoms with Crippen LogP contribution in [0.5, 0.6) is 0 Å². The van der Waals surface area contributed by atoms with Gasteiger partial charge < -0.3 is 10.6 Å². The second kappa shape index (κ2) is 9.46. The Morgan fingerprint density at radius 1 is 0.720 bits per heavy atom. The number of hydrogen-bond acceptors (Lipinski definition) is 7. The summed E-state index contributed by atoms with van der Waals surface area (Å²) < 4.78 is 3.27. The Hall–Kier alpha value is -1.24. The highest BCUT2D eigenvalue weighted by Gasteiger charge is 2.18. The van der Waals surface area contributed by atoms with E-state index in [0.29, 0.717) is 35.2 Å². The van der Waals surface area contributed by atoms with Crippen molar-refractivity contribution in [3.8, 4) is 0 Å². The van der Waals surface area contributed by atoms with Crippen molar-refractivity contribution in [3.63, 3.8) is 0 Å². The molecule has 0 radical (unpaired) electrons. The van der Waals surface area contributed by atoms with Gasteiger partial charge in [-0.15, -0.1) is 0 Å². The predicted octanol–water partition coefficient (Wildman–Crippen LogP) is 4.83. The average Bonchev–Trinajstić information content (AvgIpc) is 2.61. The maximum Gasteiger partial charge on any atom is 0.239 e. The first-order valence-corrected chi connectivity index (χ1v) is 10.8. The van der Waals surface area contributed by atoms with Gasteiger partial charge in [0.05, 0.1) is 0 Å². The van der Waals surface area contributed by atoms with Crippen LogP contribution in [0.2, 0.25) is 0 Å². The van der Waals surface area contributed by atoms with Crippen LogP contribution in [0.1, 0.15) is 78.1 Å². The zero-order chi connectivity index (χ0) is 17.5. The van der Waals surface area contributed by atoms with Crippen LogP contribution >= 0.6 is 11.9 Å². The first-order chi connectivity index (χ1) is 12.2. The monoisotopic (exact) mass is 364 g/mol. The van der Waals surface area contributed by atoms with Crippen molar-refractivity contribution < 1.29 is 0 Å². The molecule has 0 unspecified atom stereocenters. The smallest absolute Gasteiger partial charge is 0.239 e. The Balaban J connectivity index is 1.69. The van der Waals surface area contributed by atoms with Gasteiger partial charge in [-0.25, -0.2) is 0 Å². The highest BCUT2D eigenvalue weighted by molar-refractivity contribution is 8.01. The van der Waals surface area contributed by atoms with E-state index in [2.05, 4.69) is 44.2 Å². The van der Waals surface area contributed by atoms with Gasteiger partial charge in [-0.1, -0.05) is 52.4 Å². The van der Waals surface area contributed by atoms with Gasteiger partial charge in [-0.05, 0) is 37.6 Å². The molecule has 0 amide bonds. The minimum absolute atomic E-state index is 0.473. The summed E-state index contributed by atoms with van der Waals surface area (Å²) in [5, 5.41) is 7.54. The molecule has 140 valence electrons. The Morgan fingerprint density at radius 3 is 1.60 bits per heavy atom. The van der Waals surface area contributed by atoms with Crippen LogP contribution in [0.4, 0.5) is 17.8 Å². The molecule has 7 heteroatoms. The first kappa shape index (κ1) is 18.5. The van der Waals surface area contributed by atoms with Crippen LogP contribution in [0.3, 0.4) is 0 Å². The topological polar surface area (TPSA) is 74.8 Å². The molecule has 2 saturated carbocycles. The van der Waals surface area contributed by atoms with Gasteiger partial charge in [0.1, 0.15) is 0 Å². The van der Waals surface area contributed by atoms with Crippen molar-refractivity contribution in [1.82, 2.24) is 15.0 Å². The summed E-state index contributed by atoms with van der Waals surface area (Å²) in [7, 11) is 0. The van der Waals surface area contributed by atoms with E-state index in [4.69, 9.17) is 0 Å². The molecule has 0 aliphatic heterocycles. The summed E-state index contributed by atoms with van der Waals surface area (Å²) >= 11 is 1.64. The lowest BCUT2D eigenvalue weighted by Crippen LogP contribution is -2.26. The van der Waals surface area contributed by atoms with Crippen LogP contribution in [0.15, 0.2) is 0 Å². The van der Waals surface area contributed by atoms with E-state index in [-0.39, 0.29) is 0 Å². The zero-order valence-corrected chi connectivity index (χ0v) is 16.4. The fourth-order valence-electron chi connectivity index (χ4n) is 3.58. The van der Waals surface area contributed by atoms with Crippen molar-refractivity contribution in [2.45, 2.75) is 95.4 Å². The molecular formula is C18H32N6S. The van der Waals surface area contributed by atoms with Crippen LogP contribution in [0.25, 0.3) is 0 Å². The lowest BCUT2D eigenvalue weighted by molar-refractivity contribution is 0.458. The molecule has 1 aromatic heterocycles. The van der Waals surface area contributed by atoms with E-state index >= 15 is 0 Å². The Bertz CT molecular complexity index is 488. The van der Waals surface area contributed by atoms with E-state index in [9.17, 15) is 0 Å². The zero-order valence-electron chi connectivity index (χ0n) is 15.6. The molecule has 0 saturated heterocycles. The van der Waals surface area contributed by atoms with E-state index in [0.717, 1.165) is 0 Å². The quantitative estimate of drug-likeness (QED) is 0.598. The van der Waals surface area contributed by atoms with E-state index in [1.54, 1.807) is 11.9 Å². The summed E-state index contributed by atoms with van der Waals surface area (Å²) in [6.07, 6.45) is 12.7. The number of hydrogen-bond donors (Lipinski definition) is 3. The van der Waals surface area contributed by atoms with Crippen molar-refractivity contribution >= 4 is 29.8 Å². The molecule has 6 nitrogen and oxygen atoms in total. The normalized spacial score (nSPS) is 19.8. The maximum absolute atomic E-state index is 4.66. The molecule has 25 heavy (non-hydrogen) atoms. The molecule has 2 fully saturated rings. The number of anilines is 3. The van der Waals surface area contributed by atoms with Crippen LogP contribution in [0, 0.1) is 0 Å². The average molecular weight is 365 g/mol. The fraction of sp³-hybridized carbons (Fsp3) is 0.833. The van der Waals surface area contributed by atoms with Crippen molar-refractivity contribution in [2.24, 2.45) is 0 Å². The third-order valence-electron chi connectivity index (χ3n) is 4.90. The fourth-order valence-corrected chi connectivity index (χ4v) is 4.01. The number of aromatic nitrogens is 3. The molecule has 0 bridgehead atoms. The molecule has 0 atom stereocenters. The van der Waals surface area contributed by atoms with E-state index < -0.39 is 0 Å². The number of rotatable bonds is 7. The summed E-state index contributed by atoms with van der Waals surface area (Å²) in [5.74, 6) is 2.05. The number of nitrogens with zero attached hydrogens (tertiary/aromatic N) is 3. The van der Waals surface area contributed by atoms with Gasteiger partial charge in [-0.2, -0.15) is 15.0 Å². The second-order valence-corrected chi connectivity index (χ2v) is 8.92. The Kier molecular flexibility index (Phi) is 7.02. The van der Waals surface area contributed by atoms with Gasteiger partial charge in [0.15, 0.2) is 0 Å². The van der Waals surface area contributed by atoms with E-state index in [1.165, 1.54) is 64.2 Å². The van der Waals surface area contributed by atoms with Crippen molar-refractivity contribution in [3.05, 3.63) is 0 Å². The molecule has 3 N–H and O–H groups in total. The second-order valence-electron chi connectivity index (χ2n) is 7.53. The van der Waals surface area contributed by atoms with Crippen molar-refractivity contribution in [2.75, 3.05) is 15.4 Å². The minimum Gasteiger partial charge on any atom is -0.351 e. The van der Waals surface area contributed by atoms with Gasteiger partial charge >= 0.3 is 0 Å². The first-order valence-electron chi connectivity index (χ1n) is 9.90. The van der Waals surface area contributed by atoms with Gasteiger partial charge in [0.2, 0.25) is 17.8 Å². The molecule has 0 aromatic carbocycles. The molecular weight excluding hydrogens is 332 g/mol. The summed E-state index contributed by atoms with van der Waals surface area (Å²) in [4.78, 5) is 13.8. The highest BCUT2D eigenvalue weighted by atomic mass is 32.2. The molecule has 0 spiro atoms. The minimum atomic E-state index is 0.473. The Labute approximate surface area is 155 Å². The third kappa shape index (κ3) is 6.20. The molecule has 3 rings (SSSR count). The Morgan fingerprint density at radius 2 is 1.16 bits per heavy atom. The number of nitrogens with one attached hydrogen (secondary N) is 3. The van der Waals surface area contributed by atoms with Crippen LogP contribution in [-0.4, -0.2) is 32.3 Å². The lowest BCUT2D eigenvalue weighted by atomic mass is 9.96. The van der Waals surface area contributed by atoms with Gasteiger partial charge in [0.25, 0.3) is 0 Å². The highest BCUT2D eigenvalue weighted by Crippen LogP contribution is 2.24. The van der Waals surface area contributed by atoms with Gasteiger partial charge in [0, 0.05) is 17.3 Å². The van der Waals surface area contributed by atoms with Crippen LogP contribution in [-0.2, 0) is 0 Å². The lowest BCUT2D eigenvalue weighted by Gasteiger charge is -2.25. The molecule has 1 heterocycles. The maximum atomic E-state index is 4.66. The van der Waals surface area contributed by atoms with Gasteiger partial charge in [-0.3, -0.25) is 4.72 Å². The standard InChI is InChI=1S/C18H32N6S/c1-13(2)25-24-18-22-16(19-14-9-5-3-6-10-14)21-17(23-18)20-15-11-7-4-8-12-15/h13-15H,3-12H2,1-2H3,(H3,19,20,21,22,23,24). The summed E-state index contributed by atoms with van der Waals surface area (Å²) in [6.45, 7) is 4.31. The summed E-state index contributed by atoms with van der Waals surface area (Å²) in [6, 6.07) is 0.980.